The molecule has 1 aliphatic rings. The zero-order chi connectivity index (χ0) is 8.27. The Balaban J connectivity index is 2.67. The van der Waals surface area contributed by atoms with E-state index in [0.29, 0.717) is 0 Å². The Bertz CT molecular complexity index is 184. The smallest absolute Gasteiger partial charge is 0.0956 e. The van der Waals surface area contributed by atoms with Crippen molar-refractivity contribution in [2.24, 2.45) is 0 Å². The second kappa shape index (κ2) is 3.93. The molecule has 1 aliphatic carbocycles. The Morgan fingerprint density at radius 3 is 2.91 bits per heavy atom. The van der Waals surface area contributed by atoms with Gasteiger partial charge in [0.1, 0.15) is 0 Å². The van der Waals surface area contributed by atoms with Crippen molar-refractivity contribution in [3.05, 3.63) is 23.8 Å². The summed E-state index contributed by atoms with van der Waals surface area (Å²) < 4.78 is 5.18. The third-order valence-corrected chi connectivity index (χ3v) is 2.26. The van der Waals surface area contributed by atoms with Gasteiger partial charge in [0.25, 0.3) is 0 Å². The van der Waals surface area contributed by atoms with Gasteiger partial charge in [0.2, 0.25) is 0 Å². The van der Waals surface area contributed by atoms with Crippen LogP contribution in [0.2, 0.25) is 0 Å². The molecule has 62 valence electrons. The monoisotopic (exact) mass is 172 g/mol. The molecule has 2 atom stereocenters. The first kappa shape index (κ1) is 8.82. The number of rotatable bonds is 2. The van der Waals surface area contributed by atoms with Crippen molar-refractivity contribution in [2.75, 3.05) is 7.11 Å². The number of halogens is 1. The van der Waals surface area contributed by atoms with Crippen LogP contribution in [0.1, 0.15) is 13.3 Å². The van der Waals surface area contributed by atoms with Gasteiger partial charge in [0.05, 0.1) is 11.5 Å². The van der Waals surface area contributed by atoms with E-state index in [-0.39, 0.29) is 11.5 Å². The zero-order valence-electron chi connectivity index (χ0n) is 6.88. The highest BCUT2D eigenvalue weighted by Crippen LogP contribution is 2.19. The number of hydrogen-bond acceptors (Lipinski definition) is 1. The van der Waals surface area contributed by atoms with Gasteiger partial charge in [-0.15, -0.1) is 11.6 Å². The second-order valence-electron chi connectivity index (χ2n) is 2.60. The summed E-state index contributed by atoms with van der Waals surface area (Å²) >= 11 is 5.95. The highest BCUT2D eigenvalue weighted by atomic mass is 35.5. The highest BCUT2D eigenvalue weighted by molar-refractivity contribution is 6.22. The number of ether oxygens (including phenoxy) is 1. The number of allylic oxidation sites excluding steroid dienone is 2. The first-order chi connectivity index (χ1) is 5.27. The van der Waals surface area contributed by atoms with Crippen LogP contribution in [-0.2, 0) is 4.74 Å². The van der Waals surface area contributed by atoms with Crippen LogP contribution in [0.5, 0.6) is 0 Å². The van der Waals surface area contributed by atoms with E-state index in [2.05, 4.69) is 19.1 Å². The maximum Gasteiger partial charge on any atom is 0.0956 e. The Labute approximate surface area is 72.7 Å². The van der Waals surface area contributed by atoms with Crippen LogP contribution in [0, 0.1) is 0 Å². The van der Waals surface area contributed by atoms with E-state index in [9.17, 15) is 0 Å². The first-order valence-corrected chi connectivity index (χ1v) is 4.27. The molecular formula is C9H13ClO. The van der Waals surface area contributed by atoms with Gasteiger partial charge in [-0.3, -0.25) is 0 Å². The predicted molar refractivity (Wildman–Crippen MR) is 48.0 cm³/mol. The zero-order valence-corrected chi connectivity index (χ0v) is 7.64. The van der Waals surface area contributed by atoms with Gasteiger partial charge in [-0.05, 0) is 12.0 Å². The van der Waals surface area contributed by atoms with Crippen molar-refractivity contribution in [1.29, 1.82) is 0 Å². The van der Waals surface area contributed by atoms with Crippen LogP contribution in [0.25, 0.3) is 0 Å². The lowest BCUT2D eigenvalue weighted by molar-refractivity contribution is 0.144. The number of methoxy groups -OCH3 is 1. The van der Waals surface area contributed by atoms with E-state index in [1.807, 2.05) is 6.08 Å². The molecule has 0 aromatic carbocycles. The molecule has 1 nitrogen and oxygen atoms in total. The molecule has 11 heavy (non-hydrogen) atoms. The minimum Gasteiger partial charge on any atom is -0.375 e. The second-order valence-corrected chi connectivity index (χ2v) is 3.10. The number of alkyl halides is 1. The van der Waals surface area contributed by atoms with Crippen LogP contribution in [-0.4, -0.2) is 18.6 Å². The van der Waals surface area contributed by atoms with Gasteiger partial charge in [-0.25, -0.2) is 0 Å². The van der Waals surface area contributed by atoms with E-state index in [1.165, 1.54) is 5.57 Å². The van der Waals surface area contributed by atoms with Crippen molar-refractivity contribution in [2.45, 2.75) is 24.8 Å². The van der Waals surface area contributed by atoms with E-state index in [4.69, 9.17) is 16.3 Å². The van der Waals surface area contributed by atoms with Crippen molar-refractivity contribution < 1.29 is 4.74 Å². The Morgan fingerprint density at radius 2 is 2.36 bits per heavy atom. The van der Waals surface area contributed by atoms with E-state index >= 15 is 0 Å². The summed E-state index contributed by atoms with van der Waals surface area (Å²) in [4.78, 5) is 0. The van der Waals surface area contributed by atoms with Crippen molar-refractivity contribution in [3.63, 3.8) is 0 Å². The summed E-state index contributed by atoms with van der Waals surface area (Å²) in [5, 5.41) is -0.00435. The molecule has 2 unspecified atom stereocenters. The van der Waals surface area contributed by atoms with Crippen molar-refractivity contribution >= 4 is 11.6 Å². The Kier molecular flexibility index (Phi) is 3.16. The molecule has 0 radical (unpaired) electrons. The van der Waals surface area contributed by atoms with Crippen LogP contribution in [0.4, 0.5) is 0 Å². The van der Waals surface area contributed by atoms with Crippen LogP contribution >= 0.6 is 11.6 Å². The maximum atomic E-state index is 5.95. The molecule has 0 saturated heterocycles. The predicted octanol–water partition coefficient (Wildman–Crippen LogP) is 2.52. The van der Waals surface area contributed by atoms with Gasteiger partial charge < -0.3 is 4.74 Å². The quantitative estimate of drug-likeness (QED) is 0.582. The first-order valence-electron chi connectivity index (χ1n) is 3.83. The molecule has 0 aromatic heterocycles. The fraction of sp³-hybridized carbons (Fsp3) is 0.556. The summed E-state index contributed by atoms with van der Waals surface area (Å²) in [5.41, 5.74) is 1.30. The van der Waals surface area contributed by atoms with Gasteiger partial charge in [0, 0.05) is 7.11 Å². The molecule has 1 rings (SSSR count). The summed E-state index contributed by atoms with van der Waals surface area (Å²) in [6.45, 7) is 2.12. The molecule has 0 bridgehead atoms. The molecule has 0 aliphatic heterocycles. The molecule has 0 heterocycles. The summed E-state index contributed by atoms with van der Waals surface area (Å²) in [7, 11) is 1.68. The van der Waals surface area contributed by atoms with Gasteiger partial charge in [0.15, 0.2) is 0 Å². The molecular weight excluding hydrogens is 160 g/mol. The van der Waals surface area contributed by atoms with Crippen LogP contribution in [0.3, 0.4) is 0 Å². The van der Waals surface area contributed by atoms with Crippen molar-refractivity contribution in [1.82, 2.24) is 0 Å². The van der Waals surface area contributed by atoms with E-state index in [0.717, 1.165) is 6.42 Å². The fourth-order valence-corrected chi connectivity index (χ4v) is 1.37. The molecule has 0 N–H and O–H groups in total. The molecule has 0 saturated carbocycles. The van der Waals surface area contributed by atoms with Crippen molar-refractivity contribution in [3.8, 4) is 0 Å². The van der Waals surface area contributed by atoms with E-state index < -0.39 is 0 Å². The topological polar surface area (TPSA) is 9.23 Å². The minimum atomic E-state index is -0.00435. The average molecular weight is 173 g/mol. The van der Waals surface area contributed by atoms with E-state index in [1.54, 1.807) is 7.11 Å². The molecule has 0 amide bonds. The third kappa shape index (κ3) is 2.08. The SMILES string of the molecule is CCC1=CC(OC)C(Cl)C=C1. The van der Waals surface area contributed by atoms with Crippen LogP contribution < -0.4 is 0 Å². The molecule has 0 spiro atoms. The average Bonchev–Trinajstić information content (AvgIpc) is 2.05. The summed E-state index contributed by atoms with van der Waals surface area (Å²) in [6, 6.07) is 0. The minimum absolute atomic E-state index is 0.00435. The maximum absolute atomic E-state index is 5.95. The Morgan fingerprint density at radius 1 is 1.64 bits per heavy atom. The molecule has 0 aromatic rings. The Hall–Kier alpha value is -0.270. The lowest BCUT2D eigenvalue weighted by Crippen LogP contribution is -2.21. The fourth-order valence-electron chi connectivity index (χ4n) is 1.12. The number of hydrogen-bond donors (Lipinski definition) is 0. The third-order valence-electron chi connectivity index (χ3n) is 1.87. The standard InChI is InChI=1S/C9H13ClO/c1-3-7-4-5-8(10)9(6-7)11-2/h4-6,8-9H,3H2,1-2H3. The molecule has 0 fully saturated rings. The largest absolute Gasteiger partial charge is 0.375 e. The normalized spacial score (nSPS) is 30.3. The van der Waals surface area contributed by atoms with Gasteiger partial charge in [-0.2, -0.15) is 0 Å². The lowest BCUT2D eigenvalue weighted by Gasteiger charge is -2.19. The lowest BCUT2D eigenvalue weighted by atomic mass is 10.0. The highest BCUT2D eigenvalue weighted by Gasteiger charge is 2.16. The van der Waals surface area contributed by atoms with Gasteiger partial charge >= 0.3 is 0 Å². The molecule has 2 heteroatoms. The van der Waals surface area contributed by atoms with Crippen LogP contribution in [0.15, 0.2) is 23.8 Å². The van der Waals surface area contributed by atoms with Gasteiger partial charge in [-0.1, -0.05) is 25.2 Å². The summed E-state index contributed by atoms with van der Waals surface area (Å²) in [6.07, 6.45) is 7.22. The summed E-state index contributed by atoms with van der Waals surface area (Å²) in [5.74, 6) is 0.